The Balaban J connectivity index is 2.62. The zero-order valence-electron chi connectivity index (χ0n) is 9.47. The largest absolute Gasteiger partial charge is 0.481 e. The number of aliphatic carboxylic acids is 1. The Hall–Kier alpha value is -1.32. The highest BCUT2D eigenvalue weighted by Gasteiger charge is 2.19. The second kappa shape index (κ2) is 4.96. The quantitative estimate of drug-likeness (QED) is 0.805. The molecular weight excluding hydrogens is 192 g/mol. The van der Waals surface area contributed by atoms with Gasteiger partial charge in [-0.25, -0.2) is 0 Å². The van der Waals surface area contributed by atoms with Gasteiger partial charge in [0, 0.05) is 13.2 Å². The third kappa shape index (κ3) is 3.73. The molecule has 0 aliphatic rings. The summed E-state index contributed by atoms with van der Waals surface area (Å²) >= 11 is 0. The monoisotopic (exact) mass is 210 g/mol. The highest BCUT2D eigenvalue weighted by Crippen LogP contribution is 2.17. The summed E-state index contributed by atoms with van der Waals surface area (Å²) in [6.07, 6.45) is 4.89. The van der Waals surface area contributed by atoms with E-state index < -0.39 is 5.97 Å². The molecule has 1 rings (SSSR count). The summed E-state index contributed by atoms with van der Waals surface area (Å²) in [5, 5.41) is 13.1. The fraction of sp³-hybridized carbons (Fsp3) is 0.636. The number of carboxylic acid groups (broad SMARTS) is 1. The Bertz CT molecular complexity index is 331. The first-order valence-electron chi connectivity index (χ1n) is 5.19. The minimum absolute atomic E-state index is 0.297. The van der Waals surface area contributed by atoms with Crippen LogP contribution in [0.2, 0.25) is 0 Å². The highest BCUT2D eigenvalue weighted by atomic mass is 16.4. The van der Waals surface area contributed by atoms with Gasteiger partial charge < -0.3 is 5.11 Å². The molecule has 1 N–H and O–H groups in total. The van der Waals surface area contributed by atoms with Gasteiger partial charge in [0.25, 0.3) is 0 Å². The lowest BCUT2D eigenvalue weighted by Gasteiger charge is -2.13. The maximum atomic E-state index is 11.0. The first-order chi connectivity index (χ1) is 6.99. The topological polar surface area (TPSA) is 55.1 Å². The lowest BCUT2D eigenvalue weighted by molar-refractivity contribution is -0.142. The molecular formula is C11H18N2O2. The van der Waals surface area contributed by atoms with Crippen LogP contribution in [-0.4, -0.2) is 20.9 Å². The average Bonchev–Trinajstić information content (AvgIpc) is 2.49. The van der Waals surface area contributed by atoms with Crippen LogP contribution in [-0.2, 0) is 18.3 Å². The minimum atomic E-state index is -0.715. The van der Waals surface area contributed by atoms with Crippen LogP contribution >= 0.6 is 0 Å². The van der Waals surface area contributed by atoms with Crippen LogP contribution in [0.1, 0.15) is 25.8 Å². The van der Waals surface area contributed by atoms with E-state index in [1.807, 2.05) is 27.1 Å². The predicted octanol–water partition coefficient (Wildman–Crippen LogP) is 1.71. The fourth-order valence-corrected chi connectivity index (χ4v) is 1.70. The molecule has 0 aliphatic carbocycles. The van der Waals surface area contributed by atoms with E-state index in [-0.39, 0.29) is 5.92 Å². The number of carboxylic acids is 1. The van der Waals surface area contributed by atoms with Gasteiger partial charge in [0.15, 0.2) is 0 Å². The molecule has 0 spiro atoms. The zero-order chi connectivity index (χ0) is 11.4. The first kappa shape index (κ1) is 11.8. The third-order valence-electron chi connectivity index (χ3n) is 2.35. The maximum Gasteiger partial charge on any atom is 0.306 e. The molecule has 4 heteroatoms. The van der Waals surface area contributed by atoms with Crippen molar-refractivity contribution in [3.05, 3.63) is 18.0 Å². The van der Waals surface area contributed by atoms with Crippen molar-refractivity contribution >= 4 is 5.97 Å². The van der Waals surface area contributed by atoms with Crippen molar-refractivity contribution in [1.29, 1.82) is 0 Å². The molecule has 4 nitrogen and oxygen atoms in total. The molecule has 0 amide bonds. The summed E-state index contributed by atoms with van der Waals surface area (Å²) in [4.78, 5) is 11.0. The normalized spacial score (nSPS) is 13.1. The summed E-state index contributed by atoms with van der Waals surface area (Å²) in [7, 11) is 1.84. The Morgan fingerprint density at radius 3 is 2.67 bits per heavy atom. The van der Waals surface area contributed by atoms with Gasteiger partial charge in [-0.1, -0.05) is 13.8 Å². The van der Waals surface area contributed by atoms with Crippen molar-refractivity contribution in [3.8, 4) is 0 Å². The van der Waals surface area contributed by atoms with Crippen molar-refractivity contribution in [2.45, 2.75) is 26.7 Å². The minimum Gasteiger partial charge on any atom is -0.481 e. The van der Waals surface area contributed by atoms with E-state index in [1.165, 1.54) is 0 Å². The first-order valence-corrected chi connectivity index (χ1v) is 5.19. The molecule has 1 aromatic rings. The van der Waals surface area contributed by atoms with E-state index in [4.69, 9.17) is 5.11 Å². The fourth-order valence-electron chi connectivity index (χ4n) is 1.70. The second-order valence-electron chi connectivity index (χ2n) is 4.39. The van der Waals surface area contributed by atoms with Gasteiger partial charge in [-0.3, -0.25) is 9.48 Å². The van der Waals surface area contributed by atoms with Crippen molar-refractivity contribution in [3.63, 3.8) is 0 Å². The molecule has 84 valence electrons. The SMILES string of the molecule is CC(C)CC(Cc1cnn(C)c1)C(=O)O. The van der Waals surface area contributed by atoms with Crippen LogP contribution in [0, 0.1) is 11.8 Å². The Morgan fingerprint density at radius 1 is 1.60 bits per heavy atom. The molecule has 1 atom stereocenters. The molecule has 0 saturated heterocycles. The van der Waals surface area contributed by atoms with Gasteiger partial charge in [-0.05, 0) is 24.3 Å². The maximum absolute atomic E-state index is 11.0. The van der Waals surface area contributed by atoms with Gasteiger partial charge in [0.2, 0.25) is 0 Å². The molecule has 0 fully saturated rings. The van der Waals surface area contributed by atoms with Gasteiger partial charge in [0.1, 0.15) is 0 Å². The lowest BCUT2D eigenvalue weighted by atomic mass is 9.92. The molecule has 1 heterocycles. The summed E-state index contributed by atoms with van der Waals surface area (Å²) in [6, 6.07) is 0. The second-order valence-corrected chi connectivity index (χ2v) is 4.39. The highest BCUT2D eigenvalue weighted by molar-refractivity contribution is 5.70. The molecule has 1 unspecified atom stereocenters. The molecule has 0 aliphatic heterocycles. The van der Waals surface area contributed by atoms with Gasteiger partial charge in [-0.15, -0.1) is 0 Å². The van der Waals surface area contributed by atoms with E-state index in [1.54, 1.807) is 10.9 Å². The van der Waals surface area contributed by atoms with E-state index in [9.17, 15) is 4.79 Å². The summed E-state index contributed by atoms with van der Waals surface area (Å²) < 4.78 is 1.70. The number of hydrogen-bond acceptors (Lipinski definition) is 2. The van der Waals surface area contributed by atoms with Crippen LogP contribution in [0.4, 0.5) is 0 Å². The number of hydrogen-bond donors (Lipinski definition) is 1. The Labute approximate surface area is 89.9 Å². The van der Waals surface area contributed by atoms with Crippen molar-refractivity contribution in [1.82, 2.24) is 9.78 Å². The van der Waals surface area contributed by atoms with Crippen LogP contribution in [0.3, 0.4) is 0 Å². The molecule has 0 bridgehead atoms. The third-order valence-corrected chi connectivity index (χ3v) is 2.35. The zero-order valence-corrected chi connectivity index (χ0v) is 9.47. The van der Waals surface area contributed by atoms with Crippen molar-refractivity contribution in [2.75, 3.05) is 0 Å². The van der Waals surface area contributed by atoms with E-state index in [0.717, 1.165) is 5.56 Å². The number of aryl methyl sites for hydroxylation is 1. The van der Waals surface area contributed by atoms with Crippen LogP contribution in [0.5, 0.6) is 0 Å². The molecule has 0 aromatic carbocycles. The lowest BCUT2D eigenvalue weighted by Crippen LogP contribution is -2.18. The molecule has 0 saturated carbocycles. The molecule has 0 radical (unpaired) electrons. The predicted molar refractivity (Wildman–Crippen MR) is 57.5 cm³/mol. The summed E-state index contributed by atoms with van der Waals surface area (Å²) in [5.41, 5.74) is 0.991. The van der Waals surface area contributed by atoms with Crippen molar-refractivity contribution in [2.24, 2.45) is 18.9 Å². The number of rotatable bonds is 5. The van der Waals surface area contributed by atoms with Crippen molar-refractivity contribution < 1.29 is 9.90 Å². The van der Waals surface area contributed by atoms with E-state index >= 15 is 0 Å². The molecule has 1 aromatic heterocycles. The number of carbonyl (C=O) groups is 1. The van der Waals surface area contributed by atoms with Gasteiger partial charge >= 0.3 is 5.97 Å². The van der Waals surface area contributed by atoms with Crippen LogP contribution in [0.15, 0.2) is 12.4 Å². The molecule has 15 heavy (non-hydrogen) atoms. The van der Waals surface area contributed by atoms with E-state index in [0.29, 0.717) is 18.8 Å². The smallest absolute Gasteiger partial charge is 0.306 e. The summed E-state index contributed by atoms with van der Waals surface area (Å²) in [5.74, 6) is -0.607. The number of aromatic nitrogens is 2. The van der Waals surface area contributed by atoms with Gasteiger partial charge in [-0.2, -0.15) is 5.10 Å². The Kier molecular flexibility index (Phi) is 3.88. The van der Waals surface area contributed by atoms with Gasteiger partial charge in [0.05, 0.1) is 12.1 Å². The average molecular weight is 210 g/mol. The number of nitrogens with zero attached hydrogens (tertiary/aromatic N) is 2. The van der Waals surface area contributed by atoms with Crippen LogP contribution in [0.25, 0.3) is 0 Å². The summed E-state index contributed by atoms with van der Waals surface area (Å²) in [6.45, 7) is 4.08. The van der Waals surface area contributed by atoms with Crippen LogP contribution < -0.4 is 0 Å². The van der Waals surface area contributed by atoms with E-state index in [2.05, 4.69) is 5.10 Å². The standard InChI is InChI=1S/C11H18N2O2/c1-8(2)4-10(11(14)15)5-9-6-12-13(3)7-9/h6-8,10H,4-5H2,1-3H3,(H,14,15). The Morgan fingerprint density at radius 2 is 2.27 bits per heavy atom.